The van der Waals surface area contributed by atoms with Crippen molar-refractivity contribution in [1.29, 1.82) is 0 Å². The number of halogens is 1. The molecular weight excluding hydrogens is 322 g/mol. The Morgan fingerprint density at radius 3 is 2.75 bits per heavy atom. The fourth-order valence-corrected chi connectivity index (χ4v) is 2.09. The Morgan fingerprint density at radius 2 is 2.10 bits per heavy atom. The minimum Gasteiger partial charge on any atom is -0.398 e. The van der Waals surface area contributed by atoms with Gasteiger partial charge in [-0.15, -0.1) is 0 Å². The van der Waals surface area contributed by atoms with Crippen molar-refractivity contribution in [2.75, 3.05) is 46.1 Å². The van der Waals surface area contributed by atoms with Gasteiger partial charge in [0.15, 0.2) is 0 Å². The smallest absolute Gasteiger partial charge is 0.251 e. The van der Waals surface area contributed by atoms with Crippen LogP contribution >= 0.6 is 15.9 Å². The van der Waals surface area contributed by atoms with Gasteiger partial charge in [-0.2, -0.15) is 0 Å². The molecule has 0 aliphatic carbocycles. The summed E-state index contributed by atoms with van der Waals surface area (Å²) in [6.07, 6.45) is 0. The summed E-state index contributed by atoms with van der Waals surface area (Å²) < 4.78 is 6.22. The van der Waals surface area contributed by atoms with Crippen LogP contribution in [0.25, 0.3) is 0 Å². The molecule has 0 saturated heterocycles. The highest BCUT2D eigenvalue weighted by Gasteiger charge is 2.11. The van der Waals surface area contributed by atoms with Crippen molar-refractivity contribution in [2.45, 2.75) is 6.92 Å². The van der Waals surface area contributed by atoms with Gasteiger partial charge >= 0.3 is 0 Å². The predicted octanol–water partition coefficient (Wildman–Crippen LogP) is 1.65. The zero-order valence-corrected chi connectivity index (χ0v) is 13.8. The van der Waals surface area contributed by atoms with E-state index in [1.54, 1.807) is 12.1 Å². The summed E-state index contributed by atoms with van der Waals surface area (Å²) in [5, 5.41) is 2.83. The first-order valence-corrected chi connectivity index (χ1v) is 7.27. The monoisotopic (exact) mass is 343 g/mol. The Bertz CT molecular complexity index is 464. The lowest BCUT2D eigenvalue weighted by molar-refractivity contribution is 0.0899. The third-order valence-corrected chi connectivity index (χ3v) is 3.33. The zero-order valence-electron chi connectivity index (χ0n) is 12.2. The van der Waals surface area contributed by atoms with Crippen LogP contribution in [0, 0.1) is 6.92 Å². The molecule has 0 unspecified atom stereocenters. The first kappa shape index (κ1) is 16.9. The van der Waals surface area contributed by atoms with Crippen LogP contribution in [-0.4, -0.2) is 51.2 Å². The number of nitrogen functional groups attached to an aromatic ring is 1. The standard InChI is InChI=1S/C14H22BrN3O2/c1-10-12(8-11(15)9-13(10)16)14(19)17-4-6-20-7-5-18(2)3/h8-9H,4-7,16H2,1-3H3,(H,17,19). The lowest BCUT2D eigenvalue weighted by Crippen LogP contribution is -2.29. The van der Waals surface area contributed by atoms with Gasteiger partial charge in [0.1, 0.15) is 0 Å². The molecule has 0 heterocycles. The predicted molar refractivity (Wildman–Crippen MR) is 85.0 cm³/mol. The third-order valence-electron chi connectivity index (χ3n) is 2.87. The van der Waals surface area contributed by atoms with E-state index in [1.165, 1.54) is 0 Å². The molecule has 1 rings (SSSR count). The summed E-state index contributed by atoms with van der Waals surface area (Å²) in [5.41, 5.74) is 7.83. The number of hydrogen-bond donors (Lipinski definition) is 2. The number of ether oxygens (including phenoxy) is 1. The average molecular weight is 344 g/mol. The van der Waals surface area contributed by atoms with E-state index in [2.05, 4.69) is 21.2 Å². The molecule has 1 aromatic rings. The number of benzene rings is 1. The zero-order chi connectivity index (χ0) is 15.1. The van der Waals surface area contributed by atoms with Crippen LogP contribution in [0.1, 0.15) is 15.9 Å². The number of rotatable bonds is 7. The topological polar surface area (TPSA) is 67.6 Å². The van der Waals surface area contributed by atoms with Crippen molar-refractivity contribution < 1.29 is 9.53 Å². The first-order chi connectivity index (χ1) is 9.41. The van der Waals surface area contributed by atoms with E-state index >= 15 is 0 Å². The molecule has 0 fully saturated rings. The van der Waals surface area contributed by atoms with Crippen molar-refractivity contribution in [2.24, 2.45) is 0 Å². The van der Waals surface area contributed by atoms with Gasteiger partial charge in [0.2, 0.25) is 0 Å². The fourth-order valence-electron chi connectivity index (χ4n) is 1.62. The lowest BCUT2D eigenvalue weighted by Gasteiger charge is -2.12. The van der Waals surface area contributed by atoms with Gasteiger partial charge in [0, 0.05) is 28.8 Å². The van der Waals surface area contributed by atoms with Gasteiger partial charge in [0.25, 0.3) is 5.91 Å². The molecule has 0 bridgehead atoms. The SMILES string of the molecule is Cc1c(N)cc(Br)cc1C(=O)NCCOCCN(C)C. The van der Waals surface area contributed by atoms with Crippen LogP contribution < -0.4 is 11.1 Å². The van der Waals surface area contributed by atoms with Crippen molar-refractivity contribution in [3.05, 3.63) is 27.7 Å². The van der Waals surface area contributed by atoms with Gasteiger partial charge in [0.05, 0.1) is 13.2 Å². The Labute approximate surface area is 128 Å². The Kier molecular flexibility index (Phi) is 6.98. The molecule has 0 spiro atoms. The van der Waals surface area contributed by atoms with E-state index in [4.69, 9.17) is 10.5 Å². The van der Waals surface area contributed by atoms with E-state index < -0.39 is 0 Å². The Morgan fingerprint density at radius 1 is 1.40 bits per heavy atom. The molecule has 0 aliphatic heterocycles. The summed E-state index contributed by atoms with van der Waals surface area (Å²) in [4.78, 5) is 14.1. The van der Waals surface area contributed by atoms with Gasteiger partial charge in [-0.05, 0) is 38.7 Å². The molecule has 5 nitrogen and oxygen atoms in total. The number of carbonyl (C=O) groups is 1. The molecule has 0 aromatic heterocycles. The first-order valence-electron chi connectivity index (χ1n) is 6.48. The lowest BCUT2D eigenvalue weighted by atomic mass is 10.1. The second-order valence-electron chi connectivity index (χ2n) is 4.84. The third kappa shape index (κ3) is 5.48. The molecule has 0 saturated carbocycles. The normalized spacial score (nSPS) is 10.8. The highest BCUT2D eigenvalue weighted by Crippen LogP contribution is 2.22. The number of nitrogens with one attached hydrogen (secondary N) is 1. The van der Waals surface area contributed by atoms with Crippen LogP contribution in [0.2, 0.25) is 0 Å². The van der Waals surface area contributed by atoms with Gasteiger partial charge in [-0.1, -0.05) is 15.9 Å². The summed E-state index contributed by atoms with van der Waals surface area (Å²) in [6.45, 7) is 4.35. The minimum absolute atomic E-state index is 0.133. The van der Waals surface area contributed by atoms with E-state index in [0.29, 0.717) is 31.0 Å². The van der Waals surface area contributed by atoms with Gasteiger partial charge < -0.3 is 20.7 Å². The Hall–Kier alpha value is -1.11. The van der Waals surface area contributed by atoms with Crippen LogP contribution in [0.5, 0.6) is 0 Å². The second-order valence-corrected chi connectivity index (χ2v) is 5.75. The van der Waals surface area contributed by atoms with Crippen LogP contribution in [-0.2, 0) is 4.74 Å². The van der Waals surface area contributed by atoms with Crippen molar-refractivity contribution in [3.63, 3.8) is 0 Å². The van der Waals surface area contributed by atoms with E-state index in [9.17, 15) is 4.79 Å². The number of anilines is 1. The maximum absolute atomic E-state index is 12.1. The summed E-state index contributed by atoms with van der Waals surface area (Å²) in [7, 11) is 3.98. The number of amides is 1. The quantitative estimate of drug-likeness (QED) is 0.583. The molecule has 1 aromatic carbocycles. The van der Waals surface area contributed by atoms with E-state index in [-0.39, 0.29) is 5.91 Å². The summed E-state index contributed by atoms with van der Waals surface area (Å²) in [6, 6.07) is 3.56. The number of nitrogens with two attached hydrogens (primary N) is 1. The van der Waals surface area contributed by atoms with Crippen molar-refractivity contribution in [3.8, 4) is 0 Å². The van der Waals surface area contributed by atoms with Gasteiger partial charge in [-0.25, -0.2) is 0 Å². The largest absolute Gasteiger partial charge is 0.398 e. The van der Waals surface area contributed by atoms with Crippen LogP contribution in [0.15, 0.2) is 16.6 Å². The fraction of sp³-hybridized carbons (Fsp3) is 0.500. The molecule has 0 radical (unpaired) electrons. The molecule has 6 heteroatoms. The number of carbonyl (C=O) groups excluding carboxylic acids is 1. The maximum Gasteiger partial charge on any atom is 0.251 e. The minimum atomic E-state index is -0.133. The van der Waals surface area contributed by atoms with Crippen molar-refractivity contribution in [1.82, 2.24) is 10.2 Å². The maximum atomic E-state index is 12.1. The van der Waals surface area contributed by atoms with E-state index in [0.717, 1.165) is 16.6 Å². The number of likely N-dealkylation sites (N-methyl/N-ethyl adjacent to an activating group) is 1. The second kappa shape index (κ2) is 8.24. The Balaban J connectivity index is 2.40. The number of nitrogens with zero attached hydrogens (tertiary/aromatic N) is 1. The number of hydrogen-bond acceptors (Lipinski definition) is 4. The van der Waals surface area contributed by atoms with Crippen LogP contribution in [0.4, 0.5) is 5.69 Å². The molecule has 0 aliphatic rings. The highest BCUT2D eigenvalue weighted by atomic mass is 79.9. The molecule has 3 N–H and O–H groups in total. The average Bonchev–Trinajstić information content (AvgIpc) is 2.37. The summed E-state index contributed by atoms with van der Waals surface area (Å²) in [5.74, 6) is -0.133. The molecule has 0 atom stereocenters. The van der Waals surface area contributed by atoms with Crippen LogP contribution in [0.3, 0.4) is 0 Å². The van der Waals surface area contributed by atoms with E-state index in [1.807, 2.05) is 25.9 Å². The molecule has 112 valence electrons. The molecule has 1 amide bonds. The molecule has 20 heavy (non-hydrogen) atoms. The molecular formula is C14H22BrN3O2. The van der Waals surface area contributed by atoms with Gasteiger partial charge in [-0.3, -0.25) is 4.79 Å². The summed E-state index contributed by atoms with van der Waals surface area (Å²) >= 11 is 3.34. The highest BCUT2D eigenvalue weighted by molar-refractivity contribution is 9.10. The van der Waals surface area contributed by atoms with Crippen molar-refractivity contribution >= 4 is 27.5 Å².